The van der Waals surface area contributed by atoms with Crippen LogP contribution in [0, 0.1) is 0 Å². The molecule has 0 spiro atoms. The molecule has 0 saturated carbocycles. The highest BCUT2D eigenvalue weighted by atomic mass is 28.4. The lowest BCUT2D eigenvalue weighted by Crippen LogP contribution is -2.64. The molecule has 0 aliphatic carbocycles. The van der Waals surface area contributed by atoms with Crippen molar-refractivity contribution >= 4 is 8.80 Å². The quantitative estimate of drug-likeness (QED) is 0.421. The van der Waals surface area contributed by atoms with Gasteiger partial charge in [0, 0.05) is 26.4 Å². The summed E-state index contributed by atoms with van der Waals surface area (Å²) in [6, 6.07) is 10.4. The van der Waals surface area contributed by atoms with Crippen LogP contribution >= 0.6 is 0 Å². The molecule has 2 atom stereocenters. The minimum atomic E-state index is -2.75. The van der Waals surface area contributed by atoms with Gasteiger partial charge >= 0.3 is 8.80 Å². The molecule has 0 radical (unpaired) electrons. The maximum absolute atomic E-state index is 6.03. The van der Waals surface area contributed by atoms with Crippen molar-refractivity contribution in [2.24, 2.45) is 0 Å². The molecule has 1 rings (SSSR count). The van der Waals surface area contributed by atoms with E-state index in [-0.39, 0.29) is 11.8 Å². The molecule has 0 heterocycles. The zero-order chi connectivity index (χ0) is 17.8. The molecule has 0 bridgehead atoms. The van der Waals surface area contributed by atoms with Crippen LogP contribution in [-0.2, 0) is 19.8 Å². The molecule has 0 aliphatic rings. The maximum atomic E-state index is 6.03. The van der Waals surface area contributed by atoms with Crippen LogP contribution in [0.15, 0.2) is 30.3 Å². The van der Waals surface area contributed by atoms with Gasteiger partial charge in [-0.3, -0.25) is 10.6 Å². The fraction of sp³-hybridized carbons (Fsp3) is 0.667. The first-order valence-corrected chi connectivity index (χ1v) is 10.9. The number of hydrogen-bond donors (Lipinski definition) is 2. The normalized spacial score (nSPS) is 14.5. The average molecular weight is 355 g/mol. The predicted octanol–water partition coefficient (Wildman–Crippen LogP) is 3.08. The number of nitrogens with one attached hydrogen (secondary N) is 2. The van der Waals surface area contributed by atoms with E-state index in [1.165, 1.54) is 5.56 Å². The Morgan fingerprint density at radius 2 is 1.46 bits per heavy atom. The lowest BCUT2D eigenvalue weighted by molar-refractivity contribution is 0.0553. The van der Waals surface area contributed by atoms with Gasteiger partial charge in [0.05, 0.1) is 11.8 Å². The van der Waals surface area contributed by atoms with E-state index >= 15 is 0 Å². The van der Waals surface area contributed by atoms with Gasteiger partial charge in [-0.15, -0.1) is 0 Å². The van der Waals surface area contributed by atoms with Crippen LogP contribution in [0.1, 0.15) is 46.6 Å². The van der Waals surface area contributed by atoms with Crippen molar-refractivity contribution in [3.63, 3.8) is 0 Å². The fourth-order valence-corrected chi connectivity index (χ4v) is 5.74. The molecular weight excluding hydrogens is 320 g/mol. The van der Waals surface area contributed by atoms with Crippen LogP contribution in [0.4, 0.5) is 0 Å². The van der Waals surface area contributed by atoms with Gasteiger partial charge < -0.3 is 13.3 Å². The van der Waals surface area contributed by atoms with Crippen molar-refractivity contribution < 1.29 is 13.3 Å². The summed E-state index contributed by atoms with van der Waals surface area (Å²) in [4.78, 5) is 0. The first-order chi connectivity index (χ1) is 11.6. The zero-order valence-corrected chi connectivity index (χ0v) is 16.8. The second kappa shape index (κ2) is 11.7. The molecule has 0 saturated heterocycles. The van der Waals surface area contributed by atoms with Gasteiger partial charge in [0.2, 0.25) is 0 Å². The van der Waals surface area contributed by atoms with Gasteiger partial charge in [-0.2, -0.15) is 0 Å². The third kappa shape index (κ3) is 6.62. The Balaban J connectivity index is 2.69. The summed E-state index contributed by atoms with van der Waals surface area (Å²) in [6.07, 6.45) is 1.02. The molecule has 0 amide bonds. The smallest absolute Gasteiger partial charge is 0.373 e. The minimum Gasteiger partial charge on any atom is -0.373 e. The summed E-state index contributed by atoms with van der Waals surface area (Å²) >= 11 is 0. The Labute approximate surface area is 148 Å². The van der Waals surface area contributed by atoms with Crippen LogP contribution < -0.4 is 10.6 Å². The summed E-state index contributed by atoms with van der Waals surface area (Å²) in [5.41, 5.74) is 1.33. The lowest BCUT2D eigenvalue weighted by atomic mass is 10.2. The van der Waals surface area contributed by atoms with Crippen LogP contribution in [-0.4, -0.2) is 40.5 Å². The Morgan fingerprint density at radius 1 is 0.917 bits per heavy atom. The molecule has 24 heavy (non-hydrogen) atoms. The molecule has 1 aromatic rings. The molecule has 2 N–H and O–H groups in total. The van der Waals surface area contributed by atoms with E-state index in [2.05, 4.69) is 48.7 Å². The second-order valence-electron chi connectivity index (χ2n) is 5.62. The standard InChI is InChI=1S/C18H34N2O3Si/c1-6-18(24(21-7-2,22-8-3)23-9-4)20-16(5)19-15-17-13-11-10-12-14-17/h10-14,16,18-20H,6-9,15H2,1-5H3. The third-order valence-corrected chi connectivity index (χ3v) is 7.28. The molecule has 5 nitrogen and oxygen atoms in total. The zero-order valence-electron chi connectivity index (χ0n) is 15.8. The van der Waals surface area contributed by atoms with E-state index < -0.39 is 8.80 Å². The van der Waals surface area contributed by atoms with Crippen LogP contribution in [0.25, 0.3) is 0 Å². The van der Waals surface area contributed by atoms with Gasteiger partial charge in [-0.05, 0) is 39.7 Å². The van der Waals surface area contributed by atoms with Crippen LogP contribution in [0.2, 0.25) is 0 Å². The van der Waals surface area contributed by atoms with Gasteiger partial charge in [0.1, 0.15) is 0 Å². The molecule has 1 aromatic carbocycles. The van der Waals surface area contributed by atoms with Gasteiger partial charge in [0.15, 0.2) is 0 Å². The highest BCUT2D eigenvalue weighted by molar-refractivity contribution is 6.62. The van der Waals surface area contributed by atoms with Crippen molar-refractivity contribution in [2.45, 2.75) is 59.4 Å². The van der Waals surface area contributed by atoms with Gasteiger partial charge in [-0.25, -0.2) is 0 Å². The first-order valence-electron chi connectivity index (χ1n) is 9.06. The molecule has 2 unspecified atom stereocenters. The van der Waals surface area contributed by atoms with Crippen molar-refractivity contribution in [2.75, 3.05) is 19.8 Å². The van der Waals surface area contributed by atoms with Crippen LogP contribution in [0.5, 0.6) is 0 Å². The summed E-state index contributed by atoms with van der Waals surface area (Å²) in [5.74, 6) is 0. The van der Waals surface area contributed by atoms with E-state index in [0.29, 0.717) is 19.8 Å². The highest BCUT2D eigenvalue weighted by Gasteiger charge is 2.48. The van der Waals surface area contributed by atoms with E-state index in [1.807, 2.05) is 26.8 Å². The summed E-state index contributed by atoms with van der Waals surface area (Å²) < 4.78 is 18.1. The Kier molecular flexibility index (Phi) is 10.4. The fourth-order valence-electron chi connectivity index (χ4n) is 2.73. The topological polar surface area (TPSA) is 51.8 Å². The van der Waals surface area contributed by atoms with Crippen molar-refractivity contribution in [3.05, 3.63) is 35.9 Å². The van der Waals surface area contributed by atoms with E-state index in [1.54, 1.807) is 0 Å². The molecule has 0 aliphatic heterocycles. The highest BCUT2D eigenvalue weighted by Crippen LogP contribution is 2.18. The Morgan fingerprint density at radius 3 is 1.92 bits per heavy atom. The maximum Gasteiger partial charge on any atom is 0.518 e. The average Bonchev–Trinajstić information content (AvgIpc) is 2.59. The second-order valence-corrected chi connectivity index (χ2v) is 8.39. The van der Waals surface area contributed by atoms with Crippen molar-refractivity contribution in [1.29, 1.82) is 0 Å². The largest absolute Gasteiger partial charge is 0.518 e. The van der Waals surface area contributed by atoms with Crippen molar-refractivity contribution in [1.82, 2.24) is 10.6 Å². The SMILES string of the molecule is CCO[Si](OCC)(OCC)C(CC)NC(C)NCc1ccccc1. The number of rotatable bonds is 13. The molecular formula is C18H34N2O3Si. The predicted molar refractivity (Wildman–Crippen MR) is 101 cm³/mol. The van der Waals surface area contributed by atoms with Gasteiger partial charge in [-0.1, -0.05) is 37.3 Å². The van der Waals surface area contributed by atoms with E-state index in [0.717, 1.165) is 13.0 Å². The molecule has 6 heteroatoms. The van der Waals surface area contributed by atoms with Crippen molar-refractivity contribution in [3.8, 4) is 0 Å². The third-order valence-electron chi connectivity index (χ3n) is 3.78. The lowest BCUT2D eigenvalue weighted by Gasteiger charge is -2.36. The molecule has 138 valence electrons. The number of hydrogen-bond acceptors (Lipinski definition) is 5. The minimum absolute atomic E-state index is 0.0654. The molecule has 0 aromatic heterocycles. The van der Waals surface area contributed by atoms with E-state index in [9.17, 15) is 0 Å². The number of benzene rings is 1. The first kappa shape index (κ1) is 21.3. The molecule has 0 fully saturated rings. The Bertz CT molecular complexity index is 417. The summed E-state index contributed by atoms with van der Waals surface area (Å²) in [5, 5.41) is 7.11. The summed E-state index contributed by atoms with van der Waals surface area (Å²) in [6.45, 7) is 12.8. The monoisotopic (exact) mass is 354 g/mol. The van der Waals surface area contributed by atoms with Gasteiger partial charge in [0.25, 0.3) is 0 Å². The summed E-state index contributed by atoms with van der Waals surface area (Å²) in [7, 11) is -2.75. The van der Waals surface area contributed by atoms with E-state index in [4.69, 9.17) is 13.3 Å². The van der Waals surface area contributed by atoms with Crippen LogP contribution in [0.3, 0.4) is 0 Å². The Hall–Kier alpha value is -0.763.